The molecule has 20 heavy (non-hydrogen) atoms. The molecule has 0 saturated carbocycles. The molecule has 0 radical (unpaired) electrons. The molecule has 0 aliphatic carbocycles. The third-order valence-corrected chi connectivity index (χ3v) is 2.69. The fraction of sp³-hybridized carbons (Fsp3) is 0.154. The van der Waals surface area contributed by atoms with Crippen LogP contribution in [0.5, 0.6) is 0 Å². The molecule has 7 heteroatoms. The average molecular weight is 269 g/mol. The van der Waals surface area contributed by atoms with E-state index >= 15 is 0 Å². The average Bonchev–Trinajstić information content (AvgIpc) is 2.97. The van der Waals surface area contributed by atoms with Crippen LogP contribution in [-0.4, -0.2) is 37.7 Å². The minimum Gasteiger partial charge on any atom is -0.460 e. The van der Waals surface area contributed by atoms with Crippen molar-refractivity contribution < 1.29 is 9.53 Å². The monoisotopic (exact) mass is 269 g/mol. The number of rotatable bonds is 3. The lowest BCUT2D eigenvalue weighted by molar-refractivity contribution is 0.0512. The van der Waals surface area contributed by atoms with Crippen LogP contribution in [0.4, 0.5) is 0 Å². The van der Waals surface area contributed by atoms with E-state index in [-0.39, 0.29) is 12.4 Å². The number of nitrogens with one attached hydrogen (secondary N) is 1. The Morgan fingerprint density at radius 2 is 2.15 bits per heavy atom. The van der Waals surface area contributed by atoms with E-state index < -0.39 is 5.97 Å². The van der Waals surface area contributed by atoms with Gasteiger partial charge in [0.25, 0.3) is 0 Å². The molecule has 0 spiro atoms. The first-order valence-electron chi connectivity index (χ1n) is 6.09. The Hall–Kier alpha value is -2.83. The predicted octanol–water partition coefficient (Wildman–Crippen LogP) is 1.59. The topological polar surface area (TPSA) is 93.7 Å². The Morgan fingerprint density at radius 3 is 3.00 bits per heavy atom. The van der Waals surface area contributed by atoms with Gasteiger partial charge in [0.2, 0.25) is 5.82 Å². The number of aromatic nitrogens is 5. The molecule has 0 saturated heterocycles. The van der Waals surface area contributed by atoms with Crippen molar-refractivity contribution in [2.24, 2.45) is 0 Å². The van der Waals surface area contributed by atoms with E-state index in [9.17, 15) is 4.79 Å². The van der Waals surface area contributed by atoms with Crippen LogP contribution in [0.15, 0.2) is 30.6 Å². The second-order valence-electron chi connectivity index (χ2n) is 3.96. The zero-order valence-corrected chi connectivity index (χ0v) is 10.7. The lowest BCUT2D eigenvalue weighted by Gasteiger charge is -2.00. The number of carbonyl (C=O) groups excluding carboxylic acids is 1. The van der Waals surface area contributed by atoms with Crippen molar-refractivity contribution in [3.8, 4) is 11.4 Å². The maximum Gasteiger partial charge on any atom is 0.375 e. The highest BCUT2D eigenvalue weighted by Gasteiger charge is 2.15. The van der Waals surface area contributed by atoms with Gasteiger partial charge in [0, 0.05) is 18.0 Å². The van der Waals surface area contributed by atoms with Crippen molar-refractivity contribution in [3.63, 3.8) is 0 Å². The number of aromatic amines is 1. The highest BCUT2D eigenvalue weighted by Crippen LogP contribution is 2.22. The molecule has 1 N–H and O–H groups in total. The summed E-state index contributed by atoms with van der Waals surface area (Å²) in [7, 11) is 0. The molecule has 3 rings (SSSR count). The summed E-state index contributed by atoms with van der Waals surface area (Å²) in [5.41, 5.74) is 2.14. The number of carbonyl (C=O) groups is 1. The molecule has 0 unspecified atom stereocenters. The van der Waals surface area contributed by atoms with Gasteiger partial charge >= 0.3 is 5.97 Å². The fourth-order valence-corrected chi connectivity index (χ4v) is 1.85. The van der Waals surface area contributed by atoms with Gasteiger partial charge in [-0.05, 0) is 19.1 Å². The lowest BCUT2D eigenvalue weighted by atomic mass is 10.1. The molecule has 0 amide bonds. The Morgan fingerprint density at radius 1 is 1.30 bits per heavy atom. The van der Waals surface area contributed by atoms with E-state index in [2.05, 4.69) is 25.1 Å². The smallest absolute Gasteiger partial charge is 0.375 e. The van der Waals surface area contributed by atoms with Crippen molar-refractivity contribution in [2.45, 2.75) is 6.92 Å². The highest BCUT2D eigenvalue weighted by atomic mass is 16.5. The van der Waals surface area contributed by atoms with Crippen LogP contribution in [0.3, 0.4) is 0 Å². The molecule has 0 aliphatic rings. The van der Waals surface area contributed by atoms with E-state index in [1.54, 1.807) is 19.3 Å². The second-order valence-corrected chi connectivity index (χ2v) is 3.96. The van der Waals surface area contributed by atoms with Gasteiger partial charge in [0.15, 0.2) is 5.82 Å². The lowest BCUT2D eigenvalue weighted by Crippen LogP contribution is -2.06. The maximum absolute atomic E-state index is 11.6. The van der Waals surface area contributed by atoms with Crippen LogP contribution in [-0.2, 0) is 4.74 Å². The van der Waals surface area contributed by atoms with Crippen molar-refractivity contribution in [1.29, 1.82) is 0 Å². The van der Waals surface area contributed by atoms with E-state index in [0.717, 1.165) is 5.52 Å². The first-order chi connectivity index (χ1) is 9.79. The van der Waals surface area contributed by atoms with E-state index in [1.165, 1.54) is 0 Å². The molecule has 1 aromatic carbocycles. The van der Waals surface area contributed by atoms with Gasteiger partial charge in [0.1, 0.15) is 0 Å². The molecule has 7 nitrogen and oxygen atoms in total. The first-order valence-corrected chi connectivity index (χ1v) is 6.09. The maximum atomic E-state index is 11.6. The minimum absolute atomic E-state index is 0.0720. The highest BCUT2D eigenvalue weighted by molar-refractivity contribution is 5.90. The molecule has 2 heterocycles. The summed E-state index contributed by atoms with van der Waals surface area (Å²) in [6.45, 7) is 2.02. The van der Waals surface area contributed by atoms with Gasteiger partial charge in [-0.2, -0.15) is 5.10 Å². The van der Waals surface area contributed by atoms with Crippen molar-refractivity contribution in [2.75, 3.05) is 6.61 Å². The number of esters is 1. The standard InChI is InChI=1S/C13H11N5O2/c1-2-20-13(19)12-16-11(17-18-12)8-4-3-5-9-10(8)15-7-6-14-9/h3-7H,2H2,1H3,(H,16,17,18). The van der Waals surface area contributed by atoms with Crippen LogP contribution >= 0.6 is 0 Å². The zero-order chi connectivity index (χ0) is 13.9. The Labute approximate surface area is 114 Å². The molecule has 2 aromatic heterocycles. The third-order valence-electron chi connectivity index (χ3n) is 2.69. The summed E-state index contributed by atoms with van der Waals surface area (Å²) in [6.07, 6.45) is 3.22. The van der Waals surface area contributed by atoms with Gasteiger partial charge in [-0.15, -0.1) is 0 Å². The largest absolute Gasteiger partial charge is 0.460 e. The number of para-hydroxylation sites is 1. The Kier molecular flexibility index (Phi) is 3.08. The summed E-state index contributed by atoms with van der Waals surface area (Å²) in [5, 5.41) is 6.60. The molecule has 0 fully saturated rings. The van der Waals surface area contributed by atoms with Crippen LogP contribution in [0.1, 0.15) is 17.5 Å². The summed E-state index contributed by atoms with van der Waals surface area (Å²) in [5.74, 6) is -0.0699. The third kappa shape index (κ3) is 2.09. The summed E-state index contributed by atoms with van der Waals surface area (Å²) in [4.78, 5) is 24.2. The van der Waals surface area contributed by atoms with Gasteiger partial charge in [-0.25, -0.2) is 9.78 Å². The van der Waals surface area contributed by atoms with Gasteiger partial charge in [-0.1, -0.05) is 6.07 Å². The Bertz CT molecular complexity index is 763. The number of ether oxygens (including phenoxy) is 1. The predicted molar refractivity (Wildman–Crippen MR) is 70.9 cm³/mol. The summed E-state index contributed by atoms with van der Waals surface area (Å²) in [6, 6.07) is 5.52. The van der Waals surface area contributed by atoms with E-state index in [0.29, 0.717) is 16.9 Å². The summed E-state index contributed by atoms with van der Waals surface area (Å²) >= 11 is 0. The number of hydrogen-bond donors (Lipinski definition) is 1. The van der Waals surface area contributed by atoms with Crippen molar-refractivity contribution >= 4 is 17.0 Å². The van der Waals surface area contributed by atoms with Crippen LogP contribution in [0, 0.1) is 0 Å². The van der Waals surface area contributed by atoms with Crippen LogP contribution < -0.4 is 0 Å². The molecule has 0 aliphatic heterocycles. The normalized spacial score (nSPS) is 10.7. The number of benzene rings is 1. The Balaban J connectivity index is 2.06. The number of H-pyrrole nitrogens is 1. The summed E-state index contributed by atoms with van der Waals surface area (Å²) < 4.78 is 4.86. The molecule has 0 atom stereocenters. The number of nitrogens with zero attached hydrogens (tertiary/aromatic N) is 4. The quantitative estimate of drug-likeness (QED) is 0.726. The zero-order valence-electron chi connectivity index (χ0n) is 10.7. The number of hydrogen-bond acceptors (Lipinski definition) is 6. The molecular formula is C13H11N5O2. The first kappa shape index (κ1) is 12.2. The molecule has 3 aromatic rings. The van der Waals surface area contributed by atoms with Gasteiger partial charge < -0.3 is 4.74 Å². The van der Waals surface area contributed by atoms with Crippen LogP contribution in [0.2, 0.25) is 0 Å². The fourth-order valence-electron chi connectivity index (χ4n) is 1.85. The van der Waals surface area contributed by atoms with Crippen molar-refractivity contribution in [3.05, 3.63) is 36.4 Å². The van der Waals surface area contributed by atoms with E-state index in [4.69, 9.17) is 4.74 Å². The van der Waals surface area contributed by atoms with Crippen LogP contribution in [0.25, 0.3) is 22.4 Å². The van der Waals surface area contributed by atoms with Gasteiger partial charge in [-0.3, -0.25) is 15.1 Å². The van der Waals surface area contributed by atoms with E-state index in [1.807, 2.05) is 18.2 Å². The second kappa shape index (κ2) is 5.04. The SMILES string of the molecule is CCOC(=O)c1nc(-c2cccc3nccnc23)n[nH]1. The van der Waals surface area contributed by atoms with Gasteiger partial charge in [0.05, 0.1) is 17.6 Å². The molecule has 100 valence electrons. The number of fused-ring (bicyclic) bond motifs is 1. The minimum atomic E-state index is -0.530. The molecule has 0 bridgehead atoms. The molecular weight excluding hydrogens is 258 g/mol. The van der Waals surface area contributed by atoms with Crippen molar-refractivity contribution in [1.82, 2.24) is 25.1 Å².